The molecule has 2 saturated heterocycles. The number of likely N-dealkylation sites (tertiary alicyclic amines) is 2. The van der Waals surface area contributed by atoms with Crippen LogP contribution in [-0.2, 0) is 90.9 Å². The zero-order valence-corrected chi connectivity index (χ0v) is 72.8. The third-order valence-corrected chi connectivity index (χ3v) is 22.6. The zero-order valence-electron chi connectivity index (χ0n) is 72.8. The SMILES string of the molecule is CC[C@@H](C)C(=O)N[C@H](C(=O)N1CCCC1C(=O)N[C@H](C(=O)C[C@@H](C)C(=O)N[C@@H](CCC(N)=O)C(=O)C[C@@H](CCCCN)C(=O)NCCCOCCOCCOCCCNC(=O)[C@H](CCCCN)CC(=O)[C@H](CCC(N)=O)NC(=O)[C@H](C)CC(=O)[C@@H](NC(=O)[C@@H]1CCCN1C(=O)[C@@H](NC(=O)[C@H](C)CC)C(C)C)[C@@H](C)CC)[C@@H](C)CC)C(C)C. The Labute approximate surface area is 694 Å². The lowest BCUT2D eigenvalue weighted by atomic mass is 9.89. The molecule has 117 heavy (non-hydrogen) atoms. The van der Waals surface area contributed by atoms with Gasteiger partial charge in [0.05, 0.1) is 50.6 Å². The minimum Gasteiger partial charge on any atom is -0.379 e. The Morgan fingerprint density at radius 1 is 0.368 bits per heavy atom. The van der Waals surface area contributed by atoms with Crippen molar-refractivity contribution in [2.45, 2.75) is 299 Å². The number of Topliss-reactive ketones (excluding diaryl/α,β-unsaturated/α-hetero) is 4. The molecule has 33 nitrogen and oxygen atoms in total. The summed E-state index contributed by atoms with van der Waals surface area (Å²) in [5.74, 6) is -13.2. The molecule has 12 amide bonds. The van der Waals surface area contributed by atoms with Gasteiger partial charge >= 0.3 is 0 Å². The Morgan fingerprint density at radius 2 is 0.701 bits per heavy atom. The van der Waals surface area contributed by atoms with E-state index in [1.165, 1.54) is 23.6 Å². The topological polar surface area (TPSA) is 508 Å². The molecule has 16 N–H and O–H groups in total. The summed E-state index contributed by atoms with van der Waals surface area (Å²) in [6.07, 6.45) is 5.64. The highest BCUT2D eigenvalue weighted by Gasteiger charge is 2.44. The van der Waals surface area contributed by atoms with E-state index in [4.69, 9.17) is 37.1 Å². The fourth-order valence-electron chi connectivity index (χ4n) is 14.0. The van der Waals surface area contributed by atoms with Crippen molar-refractivity contribution in [3.8, 4) is 0 Å². The van der Waals surface area contributed by atoms with Gasteiger partial charge in [0.15, 0.2) is 23.1 Å². The average molecular weight is 1660 g/mol. The summed E-state index contributed by atoms with van der Waals surface area (Å²) >= 11 is 0. The standard InChI is InChI=1S/C84H148N14O19/c1-15-53(9)73(95-81(111)63-29-23-39-97(63)83(113)71(51(5)6)93-75(105)55(11)17-3)67(101)47-57(13)77(107)91-61(31-33-69(87)103)65(99)49-59(27-19-21-35-85)79(109)89-37-25-41-115-43-45-117-46-44-116-42-26-38-90-80(110)60(28-20-22-36-86)50-66(100)62(32-34-70(88)104)92-78(108)58(14)48-68(102)74(54(10)16-2)96-82(112)64-30-24-40-98(64)84(114)72(52(7)8)94-76(106)56(12)18-4/h51-64,71-74H,15-50,85-86H2,1-14H3,(H2,87,103)(H2,88,104)(H,89,109)(H,90,110)(H,91,107)(H,92,108)(H,93,105)(H,94,106)(H,95,111)(H,96,112)/t53-,54-,55+,56+,57+,58+,59+,60+,61-,62-,63-,64?,71-,72-,73-,74-/m0/s1. The number of amides is 12. The Balaban J connectivity index is 1.92. The number of nitrogens with one attached hydrogen (secondary N) is 8. The summed E-state index contributed by atoms with van der Waals surface area (Å²) in [5, 5.41) is 22.7. The van der Waals surface area contributed by atoms with Crippen molar-refractivity contribution >= 4 is 94.0 Å². The number of carbonyl (C=O) groups is 16. The van der Waals surface area contributed by atoms with E-state index in [0.717, 1.165) is 0 Å². The molecule has 33 heteroatoms. The molecule has 2 rings (SSSR count). The first-order valence-corrected chi connectivity index (χ1v) is 43.2. The van der Waals surface area contributed by atoms with Crippen LogP contribution in [-0.4, -0.2) is 231 Å². The first-order valence-electron chi connectivity index (χ1n) is 43.2. The molecule has 0 saturated carbocycles. The Kier molecular flexibility index (Phi) is 51.5. The van der Waals surface area contributed by atoms with E-state index in [1.807, 2.05) is 55.4 Å². The summed E-state index contributed by atoms with van der Waals surface area (Å²) in [6.45, 7) is 28.2. The molecule has 0 bridgehead atoms. The summed E-state index contributed by atoms with van der Waals surface area (Å²) in [7, 11) is 0. The van der Waals surface area contributed by atoms with Crippen LogP contribution in [0.5, 0.6) is 0 Å². The Bertz CT molecular complexity index is 2970. The molecule has 668 valence electrons. The van der Waals surface area contributed by atoms with Crippen molar-refractivity contribution in [1.29, 1.82) is 0 Å². The smallest absolute Gasteiger partial charge is 0.246 e. The maximum atomic E-state index is 14.1. The molecule has 2 heterocycles. The normalized spacial score (nSPS) is 17.7. The second-order valence-electron chi connectivity index (χ2n) is 32.9. The van der Waals surface area contributed by atoms with Gasteiger partial charge in [0, 0.05) is 113 Å². The minimum atomic E-state index is -1.22. The minimum absolute atomic E-state index is 0.153. The summed E-state index contributed by atoms with van der Waals surface area (Å²) in [4.78, 5) is 220. The van der Waals surface area contributed by atoms with E-state index in [0.29, 0.717) is 129 Å². The van der Waals surface area contributed by atoms with Crippen LogP contribution in [0.3, 0.4) is 0 Å². The molecular formula is C84H148N14O19. The van der Waals surface area contributed by atoms with Crippen molar-refractivity contribution in [2.75, 3.05) is 78.9 Å². The first kappa shape index (κ1) is 105. The fourth-order valence-corrected chi connectivity index (χ4v) is 14.0. The van der Waals surface area contributed by atoms with E-state index >= 15 is 0 Å². The number of hydrogen-bond acceptors (Lipinski definition) is 21. The molecule has 0 aromatic carbocycles. The van der Waals surface area contributed by atoms with Gasteiger partial charge in [0.1, 0.15) is 24.2 Å². The van der Waals surface area contributed by atoms with Crippen LogP contribution in [0.2, 0.25) is 0 Å². The molecule has 0 spiro atoms. The molecule has 16 atom stereocenters. The van der Waals surface area contributed by atoms with Gasteiger partial charge in [-0.2, -0.15) is 0 Å². The van der Waals surface area contributed by atoms with Crippen molar-refractivity contribution in [3.63, 3.8) is 0 Å². The molecule has 1 unspecified atom stereocenters. The van der Waals surface area contributed by atoms with Crippen LogP contribution in [0.1, 0.15) is 251 Å². The van der Waals surface area contributed by atoms with Crippen molar-refractivity contribution in [1.82, 2.24) is 52.3 Å². The highest BCUT2D eigenvalue weighted by molar-refractivity contribution is 6.00. The number of rotatable bonds is 64. The number of ketones is 4. The van der Waals surface area contributed by atoms with Gasteiger partial charge in [-0.25, -0.2) is 0 Å². The van der Waals surface area contributed by atoms with Crippen molar-refractivity contribution in [2.24, 2.45) is 82.1 Å². The molecule has 0 aromatic heterocycles. The van der Waals surface area contributed by atoms with E-state index < -0.39 is 142 Å². The van der Waals surface area contributed by atoms with Crippen LogP contribution < -0.4 is 65.5 Å². The van der Waals surface area contributed by atoms with Gasteiger partial charge in [-0.3, -0.25) is 76.7 Å². The van der Waals surface area contributed by atoms with Gasteiger partial charge in [-0.1, -0.05) is 123 Å². The molecule has 2 fully saturated rings. The van der Waals surface area contributed by atoms with Gasteiger partial charge in [0.25, 0.3) is 0 Å². The van der Waals surface area contributed by atoms with Gasteiger partial charge in [-0.15, -0.1) is 0 Å². The molecule has 0 aromatic rings. The van der Waals surface area contributed by atoms with Crippen LogP contribution in [0.15, 0.2) is 0 Å². The van der Waals surface area contributed by atoms with Gasteiger partial charge in [0.2, 0.25) is 70.9 Å². The molecular weight excluding hydrogens is 1510 g/mol. The van der Waals surface area contributed by atoms with Crippen molar-refractivity contribution in [3.05, 3.63) is 0 Å². The monoisotopic (exact) mass is 1660 g/mol. The first-order chi connectivity index (χ1) is 55.4. The fraction of sp³-hybridized carbons (Fsp3) is 0.810. The average Bonchev–Trinajstić information content (AvgIpc) is 1.69. The summed E-state index contributed by atoms with van der Waals surface area (Å²) in [6, 6.07) is -7.95. The van der Waals surface area contributed by atoms with Crippen LogP contribution in [0.25, 0.3) is 0 Å². The van der Waals surface area contributed by atoms with Crippen LogP contribution in [0.4, 0.5) is 0 Å². The molecule has 0 radical (unpaired) electrons. The number of carbonyl (C=O) groups excluding carboxylic acids is 16. The third-order valence-electron chi connectivity index (χ3n) is 22.6. The maximum absolute atomic E-state index is 14.1. The predicted molar refractivity (Wildman–Crippen MR) is 443 cm³/mol. The Morgan fingerprint density at radius 3 is 1.01 bits per heavy atom. The Hall–Kier alpha value is -7.88. The highest BCUT2D eigenvalue weighted by Crippen LogP contribution is 2.27. The number of hydrogen-bond donors (Lipinski definition) is 12. The molecule has 2 aliphatic rings. The quantitative estimate of drug-likeness (QED) is 0.0387. The summed E-state index contributed by atoms with van der Waals surface area (Å²) in [5.41, 5.74) is 22.6. The van der Waals surface area contributed by atoms with Crippen molar-refractivity contribution < 1.29 is 90.9 Å². The van der Waals surface area contributed by atoms with E-state index in [-0.39, 0.29) is 163 Å². The second-order valence-corrected chi connectivity index (χ2v) is 32.9. The number of unbranched alkanes of at least 4 members (excludes halogenated alkanes) is 2. The lowest BCUT2D eigenvalue weighted by Gasteiger charge is -2.32. The third kappa shape index (κ3) is 38.4. The highest BCUT2D eigenvalue weighted by atomic mass is 16.5. The maximum Gasteiger partial charge on any atom is 0.246 e. The lowest BCUT2D eigenvalue weighted by molar-refractivity contribution is -0.143. The summed E-state index contributed by atoms with van der Waals surface area (Å²) < 4.78 is 17.1. The van der Waals surface area contributed by atoms with Crippen LogP contribution >= 0.6 is 0 Å². The largest absolute Gasteiger partial charge is 0.379 e. The van der Waals surface area contributed by atoms with E-state index in [2.05, 4.69) is 42.5 Å². The van der Waals surface area contributed by atoms with Crippen LogP contribution in [0, 0.1) is 59.2 Å². The van der Waals surface area contributed by atoms with Gasteiger partial charge in [-0.05, 0) is 127 Å². The van der Waals surface area contributed by atoms with E-state index in [1.54, 1.807) is 27.7 Å². The number of nitrogens with zero attached hydrogens (tertiary/aromatic N) is 2. The number of primary amides is 2. The number of nitrogens with two attached hydrogens (primary N) is 4. The molecule has 2 aliphatic heterocycles. The molecule has 0 aliphatic carbocycles. The zero-order chi connectivity index (χ0) is 88.0. The second kappa shape index (κ2) is 57.3. The number of ether oxygens (including phenoxy) is 3. The predicted octanol–water partition coefficient (Wildman–Crippen LogP) is 3.57. The lowest BCUT2D eigenvalue weighted by Crippen LogP contribution is -2.57. The van der Waals surface area contributed by atoms with Gasteiger partial charge < -0.3 is 89.5 Å². The van der Waals surface area contributed by atoms with E-state index in [9.17, 15) is 76.7 Å².